The molecule has 0 amide bonds. The van der Waals surface area contributed by atoms with E-state index < -0.39 is 0 Å². The quantitative estimate of drug-likeness (QED) is 0.532. The van der Waals surface area contributed by atoms with Crippen molar-refractivity contribution in [3.05, 3.63) is 99.3 Å². The first-order valence-electron chi connectivity index (χ1n) is 8.57. The third kappa shape index (κ3) is 1.91. The van der Waals surface area contributed by atoms with Crippen LogP contribution in [0.4, 0.5) is 0 Å². The van der Waals surface area contributed by atoms with Crippen LogP contribution in [0.25, 0.3) is 0 Å². The highest BCUT2D eigenvalue weighted by molar-refractivity contribution is 6.31. The van der Waals surface area contributed by atoms with Crippen LogP contribution in [0.3, 0.4) is 0 Å². The molecule has 1 nitrogen and oxygen atoms in total. The van der Waals surface area contributed by atoms with Gasteiger partial charge in [0.1, 0.15) is 7.05 Å². The molecular formula is C22H19ClN+. The second kappa shape index (κ2) is 5.19. The zero-order valence-electron chi connectivity index (χ0n) is 13.7. The van der Waals surface area contributed by atoms with Crippen molar-refractivity contribution in [2.75, 3.05) is 0 Å². The predicted molar refractivity (Wildman–Crippen MR) is 96.6 cm³/mol. The molecule has 1 aromatic heterocycles. The number of nitrogens with zero attached hydrogens (tertiary/aromatic N) is 1. The smallest absolute Gasteiger partial charge is 0.194 e. The van der Waals surface area contributed by atoms with Crippen LogP contribution in [-0.4, -0.2) is 0 Å². The lowest BCUT2D eigenvalue weighted by molar-refractivity contribution is -0.680. The molecule has 3 aliphatic carbocycles. The standard InChI is InChI=1S/C22H19ClN/c1-24-11-10-20(23)21-18-12-14-6-2-3-7-15(14)13-19(22(21)24)17-9-5-4-8-16(17)18/h2-11,18-19H,12-13H2,1H3/q+1. The highest BCUT2D eigenvalue weighted by Gasteiger charge is 2.41. The highest BCUT2D eigenvalue weighted by atomic mass is 35.5. The Hall–Kier alpha value is -2.12. The SMILES string of the molecule is C[n+]1ccc(Cl)c2c1C1Cc3ccccc3CC2c2ccccc21. The largest absolute Gasteiger partial charge is 0.204 e. The molecule has 2 heteroatoms. The molecule has 1 heterocycles. The molecule has 3 aromatic rings. The normalized spacial score (nSPS) is 20.6. The number of aryl methyl sites for hydroxylation is 1. The fourth-order valence-corrected chi connectivity index (χ4v) is 4.99. The van der Waals surface area contributed by atoms with Gasteiger partial charge < -0.3 is 0 Å². The maximum absolute atomic E-state index is 6.71. The molecule has 2 aromatic carbocycles. The Bertz CT molecular complexity index is 883. The van der Waals surface area contributed by atoms with Crippen LogP contribution < -0.4 is 4.57 Å². The average Bonchev–Trinajstić information content (AvgIpc) is 2.58. The van der Waals surface area contributed by atoms with Crippen molar-refractivity contribution < 1.29 is 4.57 Å². The summed E-state index contributed by atoms with van der Waals surface area (Å²) in [6.45, 7) is 0. The Morgan fingerprint density at radius 1 is 0.833 bits per heavy atom. The summed E-state index contributed by atoms with van der Waals surface area (Å²) in [6.07, 6.45) is 4.17. The van der Waals surface area contributed by atoms with Gasteiger partial charge in [0.2, 0.25) is 0 Å². The van der Waals surface area contributed by atoms with Gasteiger partial charge in [-0.1, -0.05) is 60.1 Å². The van der Waals surface area contributed by atoms with Gasteiger partial charge in [0.15, 0.2) is 11.9 Å². The number of aromatic nitrogens is 1. The summed E-state index contributed by atoms with van der Waals surface area (Å²) in [6, 6.07) is 19.9. The van der Waals surface area contributed by atoms with Crippen molar-refractivity contribution in [3.63, 3.8) is 0 Å². The summed E-state index contributed by atoms with van der Waals surface area (Å²) >= 11 is 6.71. The number of hydrogen-bond acceptors (Lipinski definition) is 0. The van der Waals surface area contributed by atoms with Crippen molar-refractivity contribution >= 4 is 11.6 Å². The van der Waals surface area contributed by atoms with Crippen molar-refractivity contribution in [2.24, 2.45) is 7.05 Å². The molecule has 0 fully saturated rings. The fraction of sp³-hybridized carbons (Fsp3) is 0.227. The van der Waals surface area contributed by atoms with Crippen LogP contribution in [0, 0.1) is 0 Å². The van der Waals surface area contributed by atoms with E-state index in [1.807, 2.05) is 6.07 Å². The van der Waals surface area contributed by atoms with E-state index in [-0.39, 0.29) is 0 Å². The lowest BCUT2D eigenvalue weighted by Crippen LogP contribution is -2.41. The summed E-state index contributed by atoms with van der Waals surface area (Å²) in [5, 5.41) is 0.909. The third-order valence-corrected chi connectivity index (χ3v) is 6.08. The Balaban J connectivity index is 1.86. The summed E-state index contributed by atoms with van der Waals surface area (Å²) in [7, 11) is 2.15. The molecule has 118 valence electrons. The first kappa shape index (κ1) is 14.2. The van der Waals surface area contributed by atoms with Gasteiger partial charge in [-0.2, -0.15) is 0 Å². The molecule has 24 heavy (non-hydrogen) atoms. The van der Waals surface area contributed by atoms with E-state index in [9.17, 15) is 0 Å². The van der Waals surface area contributed by atoms with Gasteiger partial charge in [-0.25, -0.2) is 4.57 Å². The van der Waals surface area contributed by atoms with Gasteiger partial charge in [-0.3, -0.25) is 0 Å². The number of hydrogen-bond donors (Lipinski definition) is 0. The van der Waals surface area contributed by atoms with Gasteiger partial charge in [0.05, 0.1) is 10.9 Å². The topological polar surface area (TPSA) is 3.88 Å². The van der Waals surface area contributed by atoms with E-state index in [1.54, 1.807) is 0 Å². The monoisotopic (exact) mass is 332 g/mol. The molecule has 0 aliphatic heterocycles. The minimum Gasteiger partial charge on any atom is -0.204 e. The van der Waals surface area contributed by atoms with E-state index >= 15 is 0 Å². The minimum absolute atomic E-state index is 0.341. The van der Waals surface area contributed by atoms with Gasteiger partial charge >= 0.3 is 0 Å². The van der Waals surface area contributed by atoms with Crippen LogP contribution in [-0.2, 0) is 19.9 Å². The minimum atomic E-state index is 0.341. The Kier molecular flexibility index (Phi) is 3.08. The molecular weight excluding hydrogens is 314 g/mol. The Morgan fingerprint density at radius 2 is 1.42 bits per heavy atom. The average molecular weight is 333 g/mol. The second-order valence-corrected chi connectivity index (χ2v) is 7.39. The van der Waals surface area contributed by atoms with E-state index in [2.05, 4.69) is 66.3 Å². The van der Waals surface area contributed by atoms with E-state index in [0.29, 0.717) is 11.8 Å². The molecule has 2 atom stereocenters. The number of halogens is 1. The first-order chi connectivity index (χ1) is 11.7. The zero-order chi connectivity index (χ0) is 16.3. The van der Waals surface area contributed by atoms with Gasteiger partial charge in [0, 0.05) is 17.5 Å². The summed E-state index contributed by atoms with van der Waals surface area (Å²) in [4.78, 5) is 0. The van der Waals surface area contributed by atoms with Gasteiger partial charge in [0.25, 0.3) is 0 Å². The lowest BCUT2D eigenvalue weighted by Gasteiger charge is -2.35. The van der Waals surface area contributed by atoms with Crippen molar-refractivity contribution in [2.45, 2.75) is 24.7 Å². The van der Waals surface area contributed by atoms with Gasteiger partial charge in [-0.15, -0.1) is 0 Å². The van der Waals surface area contributed by atoms with E-state index in [4.69, 9.17) is 11.6 Å². The molecule has 0 spiro atoms. The molecule has 2 unspecified atom stereocenters. The summed E-state index contributed by atoms with van der Waals surface area (Å²) in [5.41, 5.74) is 8.60. The lowest BCUT2D eigenvalue weighted by atomic mass is 9.68. The maximum atomic E-state index is 6.71. The zero-order valence-corrected chi connectivity index (χ0v) is 14.4. The van der Waals surface area contributed by atoms with Crippen LogP contribution in [0.15, 0.2) is 60.8 Å². The molecule has 6 rings (SSSR count). The first-order valence-corrected chi connectivity index (χ1v) is 8.95. The van der Waals surface area contributed by atoms with Crippen molar-refractivity contribution in [1.29, 1.82) is 0 Å². The molecule has 0 N–H and O–H groups in total. The number of pyridine rings is 1. The number of rotatable bonds is 0. The van der Waals surface area contributed by atoms with Gasteiger partial charge in [-0.05, 0) is 35.1 Å². The van der Waals surface area contributed by atoms with E-state index in [0.717, 1.165) is 17.9 Å². The van der Waals surface area contributed by atoms with Crippen LogP contribution >= 0.6 is 11.6 Å². The van der Waals surface area contributed by atoms with E-state index in [1.165, 1.54) is 33.5 Å². The highest BCUT2D eigenvalue weighted by Crippen LogP contribution is 2.49. The third-order valence-electron chi connectivity index (χ3n) is 5.75. The molecule has 3 aliphatic rings. The summed E-state index contributed by atoms with van der Waals surface area (Å²) in [5.74, 6) is 0.714. The molecule has 0 saturated carbocycles. The number of benzene rings is 2. The van der Waals surface area contributed by atoms with Crippen LogP contribution in [0.5, 0.6) is 0 Å². The Labute approximate surface area is 147 Å². The predicted octanol–water partition coefficient (Wildman–Crippen LogP) is 4.54. The second-order valence-electron chi connectivity index (χ2n) is 6.98. The fourth-order valence-electron chi connectivity index (χ4n) is 4.70. The maximum Gasteiger partial charge on any atom is 0.194 e. The van der Waals surface area contributed by atoms with Crippen LogP contribution in [0.1, 0.15) is 45.3 Å². The van der Waals surface area contributed by atoms with Crippen molar-refractivity contribution in [3.8, 4) is 0 Å². The summed E-state index contributed by atoms with van der Waals surface area (Å²) < 4.78 is 2.28. The van der Waals surface area contributed by atoms with Crippen molar-refractivity contribution in [1.82, 2.24) is 0 Å². The Morgan fingerprint density at radius 3 is 2.12 bits per heavy atom. The molecule has 0 radical (unpaired) electrons. The molecule has 0 saturated heterocycles. The molecule has 2 bridgehead atoms. The van der Waals surface area contributed by atoms with Crippen LogP contribution in [0.2, 0.25) is 5.02 Å².